The van der Waals surface area contributed by atoms with Crippen molar-refractivity contribution in [2.75, 3.05) is 32.3 Å². The van der Waals surface area contributed by atoms with E-state index in [0.717, 1.165) is 5.56 Å². The highest BCUT2D eigenvalue weighted by molar-refractivity contribution is 7.91. The standard InChI is InChI=1S/C13H19NO4S/c1-17-12-5-4-10(8-13(12)18-2)11-9-19(15,16)7-3-6-14-11/h4-5,8,11,14H,3,6-7,9H2,1-2H3. The average Bonchev–Trinajstić information content (AvgIpc) is 2.58. The summed E-state index contributed by atoms with van der Waals surface area (Å²) in [6.07, 6.45) is 0.659. The Balaban J connectivity index is 2.30. The van der Waals surface area contributed by atoms with E-state index in [1.165, 1.54) is 0 Å². The van der Waals surface area contributed by atoms with Gasteiger partial charge in [0.2, 0.25) is 0 Å². The Morgan fingerprint density at radius 1 is 1.21 bits per heavy atom. The lowest BCUT2D eigenvalue weighted by atomic mass is 10.1. The molecule has 1 aliphatic rings. The minimum atomic E-state index is -2.99. The summed E-state index contributed by atoms with van der Waals surface area (Å²) in [5.41, 5.74) is 0.906. The lowest BCUT2D eigenvalue weighted by molar-refractivity contribution is 0.354. The van der Waals surface area contributed by atoms with Gasteiger partial charge in [-0.05, 0) is 30.7 Å². The number of rotatable bonds is 3. The van der Waals surface area contributed by atoms with Crippen LogP contribution >= 0.6 is 0 Å². The first-order valence-electron chi connectivity index (χ1n) is 6.21. The van der Waals surface area contributed by atoms with Gasteiger partial charge in [-0.2, -0.15) is 0 Å². The maximum Gasteiger partial charge on any atom is 0.161 e. The Morgan fingerprint density at radius 3 is 2.63 bits per heavy atom. The molecule has 0 spiro atoms. The molecule has 1 atom stereocenters. The van der Waals surface area contributed by atoms with Crippen molar-refractivity contribution in [3.8, 4) is 11.5 Å². The predicted octanol–water partition coefficient (Wildman–Crippen LogP) is 1.15. The van der Waals surface area contributed by atoms with Crippen LogP contribution < -0.4 is 14.8 Å². The molecule has 106 valence electrons. The molecule has 1 unspecified atom stereocenters. The van der Waals surface area contributed by atoms with E-state index in [2.05, 4.69) is 5.32 Å². The van der Waals surface area contributed by atoms with E-state index in [1.54, 1.807) is 20.3 Å². The van der Waals surface area contributed by atoms with Gasteiger partial charge < -0.3 is 14.8 Å². The first kappa shape index (κ1) is 14.1. The van der Waals surface area contributed by atoms with E-state index in [4.69, 9.17) is 9.47 Å². The third-order valence-electron chi connectivity index (χ3n) is 3.25. The molecule has 1 heterocycles. The molecule has 0 amide bonds. The first-order chi connectivity index (χ1) is 9.05. The molecule has 1 saturated heterocycles. The Hall–Kier alpha value is -1.27. The fraction of sp³-hybridized carbons (Fsp3) is 0.538. The van der Waals surface area contributed by atoms with E-state index in [0.29, 0.717) is 24.5 Å². The van der Waals surface area contributed by atoms with Crippen LogP contribution in [-0.4, -0.2) is 40.7 Å². The summed E-state index contributed by atoms with van der Waals surface area (Å²) >= 11 is 0. The largest absolute Gasteiger partial charge is 0.493 e. The van der Waals surface area contributed by atoms with Crippen LogP contribution in [0.4, 0.5) is 0 Å². The highest BCUT2D eigenvalue weighted by Gasteiger charge is 2.24. The molecular weight excluding hydrogens is 266 g/mol. The second-order valence-corrected chi connectivity index (χ2v) is 6.82. The van der Waals surface area contributed by atoms with Gasteiger partial charge in [0.25, 0.3) is 0 Å². The molecule has 0 radical (unpaired) electrons. The molecule has 19 heavy (non-hydrogen) atoms. The zero-order valence-corrected chi connectivity index (χ0v) is 12.0. The van der Waals surface area contributed by atoms with Gasteiger partial charge >= 0.3 is 0 Å². The average molecular weight is 285 g/mol. The van der Waals surface area contributed by atoms with Crippen molar-refractivity contribution in [3.63, 3.8) is 0 Å². The molecule has 1 N–H and O–H groups in total. The van der Waals surface area contributed by atoms with E-state index < -0.39 is 9.84 Å². The van der Waals surface area contributed by atoms with Gasteiger partial charge in [0.05, 0.1) is 25.7 Å². The van der Waals surface area contributed by atoms with Crippen molar-refractivity contribution in [3.05, 3.63) is 23.8 Å². The number of benzene rings is 1. The van der Waals surface area contributed by atoms with Crippen LogP contribution in [0.5, 0.6) is 11.5 Å². The van der Waals surface area contributed by atoms with Crippen molar-refractivity contribution in [2.45, 2.75) is 12.5 Å². The molecule has 5 nitrogen and oxygen atoms in total. The molecule has 0 saturated carbocycles. The molecule has 0 aromatic heterocycles. The summed E-state index contributed by atoms with van der Waals surface area (Å²) in [6, 6.07) is 5.32. The van der Waals surface area contributed by atoms with Crippen molar-refractivity contribution in [1.29, 1.82) is 0 Å². The smallest absolute Gasteiger partial charge is 0.161 e. The van der Waals surface area contributed by atoms with Crippen LogP contribution in [0.1, 0.15) is 18.0 Å². The summed E-state index contributed by atoms with van der Waals surface area (Å²) < 4.78 is 34.1. The van der Waals surface area contributed by atoms with Crippen LogP contribution in [0.3, 0.4) is 0 Å². The molecule has 1 aromatic rings. The van der Waals surface area contributed by atoms with Gasteiger partial charge in [-0.25, -0.2) is 8.42 Å². The van der Waals surface area contributed by atoms with Crippen LogP contribution in [0.25, 0.3) is 0 Å². The minimum Gasteiger partial charge on any atom is -0.493 e. The third-order valence-corrected chi connectivity index (χ3v) is 5.01. The maximum atomic E-state index is 11.8. The highest BCUT2D eigenvalue weighted by atomic mass is 32.2. The first-order valence-corrected chi connectivity index (χ1v) is 8.03. The van der Waals surface area contributed by atoms with Gasteiger partial charge in [-0.1, -0.05) is 6.07 Å². The lowest BCUT2D eigenvalue weighted by Crippen LogP contribution is -2.25. The fourth-order valence-corrected chi connectivity index (χ4v) is 3.82. The topological polar surface area (TPSA) is 64.6 Å². The summed E-state index contributed by atoms with van der Waals surface area (Å²) in [7, 11) is 0.157. The zero-order chi connectivity index (χ0) is 13.9. The monoisotopic (exact) mass is 285 g/mol. The third kappa shape index (κ3) is 3.39. The van der Waals surface area contributed by atoms with E-state index in [1.807, 2.05) is 12.1 Å². The van der Waals surface area contributed by atoms with Gasteiger partial charge in [-0.3, -0.25) is 0 Å². The second-order valence-electron chi connectivity index (χ2n) is 4.59. The minimum absolute atomic E-state index is 0.127. The molecule has 0 aliphatic carbocycles. The van der Waals surface area contributed by atoms with Gasteiger partial charge in [-0.15, -0.1) is 0 Å². The predicted molar refractivity (Wildman–Crippen MR) is 73.6 cm³/mol. The van der Waals surface area contributed by atoms with Crippen molar-refractivity contribution in [1.82, 2.24) is 5.32 Å². The summed E-state index contributed by atoms with van der Waals surface area (Å²) in [5, 5.41) is 3.27. The normalized spacial score (nSPS) is 22.5. The maximum absolute atomic E-state index is 11.8. The summed E-state index contributed by atoms with van der Waals surface area (Å²) in [5.74, 6) is 1.64. The molecule has 2 rings (SSSR count). The van der Waals surface area contributed by atoms with E-state index in [-0.39, 0.29) is 17.5 Å². The van der Waals surface area contributed by atoms with Crippen molar-refractivity contribution < 1.29 is 17.9 Å². The van der Waals surface area contributed by atoms with Crippen LogP contribution in [0.2, 0.25) is 0 Å². The van der Waals surface area contributed by atoms with Gasteiger partial charge in [0, 0.05) is 6.04 Å². The summed E-state index contributed by atoms with van der Waals surface area (Å²) in [6.45, 7) is 0.707. The number of sulfone groups is 1. The number of ether oxygens (including phenoxy) is 2. The number of hydrogen-bond donors (Lipinski definition) is 1. The lowest BCUT2D eigenvalue weighted by Gasteiger charge is -2.17. The zero-order valence-electron chi connectivity index (χ0n) is 11.2. The molecule has 1 aliphatic heterocycles. The van der Waals surface area contributed by atoms with Crippen molar-refractivity contribution >= 4 is 9.84 Å². The molecular formula is C13H19NO4S. The number of methoxy groups -OCH3 is 2. The molecule has 6 heteroatoms. The molecule has 1 fully saturated rings. The van der Waals surface area contributed by atoms with Crippen molar-refractivity contribution in [2.24, 2.45) is 0 Å². The number of hydrogen-bond acceptors (Lipinski definition) is 5. The second kappa shape index (κ2) is 5.79. The SMILES string of the molecule is COc1ccc(C2CS(=O)(=O)CCCN2)cc1OC. The van der Waals surface area contributed by atoms with Crippen LogP contribution in [0.15, 0.2) is 18.2 Å². The van der Waals surface area contributed by atoms with Crippen LogP contribution in [-0.2, 0) is 9.84 Å². The van der Waals surface area contributed by atoms with E-state index >= 15 is 0 Å². The van der Waals surface area contributed by atoms with Gasteiger partial charge in [0.1, 0.15) is 0 Å². The number of nitrogens with one attached hydrogen (secondary N) is 1. The molecule has 1 aromatic carbocycles. The Kier molecular flexibility index (Phi) is 4.31. The molecule has 0 bridgehead atoms. The quantitative estimate of drug-likeness (QED) is 0.902. The highest BCUT2D eigenvalue weighted by Crippen LogP contribution is 2.30. The van der Waals surface area contributed by atoms with Gasteiger partial charge in [0.15, 0.2) is 21.3 Å². The van der Waals surface area contributed by atoms with E-state index in [9.17, 15) is 8.42 Å². The Bertz CT molecular complexity index is 542. The summed E-state index contributed by atoms with van der Waals surface area (Å²) in [4.78, 5) is 0. The van der Waals surface area contributed by atoms with Crippen LogP contribution in [0, 0.1) is 0 Å². The Morgan fingerprint density at radius 2 is 1.95 bits per heavy atom. The Labute approximate surface area is 113 Å². The fourth-order valence-electron chi connectivity index (χ4n) is 2.25.